The molecule has 4 aromatic carbocycles. The third-order valence-electron chi connectivity index (χ3n) is 11.6. The van der Waals surface area contributed by atoms with Crippen molar-refractivity contribution in [2.24, 2.45) is 23.7 Å². The van der Waals surface area contributed by atoms with E-state index in [1.54, 1.807) is 42.5 Å². The molecular formula is C40H32ClFN6O9. The number of nitro groups is 2. The van der Waals surface area contributed by atoms with Crippen molar-refractivity contribution < 1.29 is 38.5 Å². The van der Waals surface area contributed by atoms with Crippen LogP contribution in [-0.4, -0.2) is 57.7 Å². The van der Waals surface area contributed by atoms with Crippen molar-refractivity contribution in [3.8, 4) is 5.75 Å². The number of benzene rings is 4. The minimum atomic E-state index is -1.69. The highest BCUT2D eigenvalue weighted by molar-refractivity contribution is 6.30. The Bertz CT molecular complexity index is 2430. The molecule has 2 saturated heterocycles. The van der Waals surface area contributed by atoms with Gasteiger partial charge in [-0.15, -0.1) is 0 Å². The fourth-order valence-electron chi connectivity index (χ4n) is 9.44. The van der Waals surface area contributed by atoms with Crippen LogP contribution in [0, 0.1) is 49.7 Å². The second-order valence-electron chi connectivity index (χ2n) is 14.7. The molecule has 8 rings (SSSR count). The van der Waals surface area contributed by atoms with Gasteiger partial charge in [-0.05, 0) is 78.4 Å². The normalized spacial score (nSPS) is 25.1. The Morgan fingerprint density at radius 1 is 0.877 bits per heavy atom. The molecule has 4 aliphatic rings. The quantitative estimate of drug-likeness (QED) is 0.0885. The molecule has 3 fully saturated rings. The van der Waals surface area contributed by atoms with Crippen molar-refractivity contribution in [1.82, 2.24) is 5.01 Å². The summed E-state index contributed by atoms with van der Waals surface area (Å²) in [7, 11) is 2.79. The van der Waals surface area contributed by atoms with Gasteiger partial charge >= 0.3 is 11.4 Å². The highest BCUT2D eigenvalue weighted by atomic mass is 35.5. The lowest BCUT2D eigenvalue weighted by Gasteiger charge is -2.50. The maximum absolute atomic E-state index is 15.2. The van der Waals surface area contributed by atoms with Crippen LogP contribution in [0.2, 0.25) is 5.02 Å². The van der Waals surface area contributed by atoms with Gasteiger partial charge in [0.2, 0.25) is 11.8 Å². The van der Waals surface area contributed by atoms with Crippen LogP contribution in [0.4, 0.5) is 32.8 Å². The van der Waals surface area contributed by atoms with E-state index in [4.69, 9.17) is 11.6 Å². The fraction of sp³-hybridized carbons (Fsp3) is 0.250. The van der Waals surface area contributed by atoms with E-state index in [0.29, 0.717) is 21.7 Å². The van der Waals surface area contributed by atoms with Crippen LogP contribution in [0.25, 0.3) is 0 Å². The van der Waals surface area contributed by atoms with E-state index < -0.39 is 85.7 Å². The SMILES string of the molecule is CN(C)c1c([N+](=O)[O-])cc(N2C(=O)[C@H]3[C@H](CC=C4[C@H]3C[C@H]3C(=O)N(Nc5ccc(F)cc5)C(=O)[C@@]3(c3ccc(Cl)cc3)[C@H]4c3cccc(O)c3)C2=O)cc1[N+](=O)[O-]. The molecule has 4 amide bonds. The molecule has 6 atom stereocenters. The number of nitrogens with one attached hydrogen (secondary N) is 1. The molecule has 0 spiro atoms. The number of anilines is 3. The van der Waals surface area contributed by atoms with Crippen LogP contribution in [0.15, 0.2) is 96.6 Å². The van der Waals surface area contributed by atoms with E-state index in [1.807, 2.05) is 0 Å². The molecule has 0 bridgehead atoms. The second-order valence-corrected chi connectivity index (χ2v) is 15.2. The molecule has 0 aromatic heterocycles. The number of imide groups is 2. The molecule has 0 unspecified atom stereocenters. The van der Waals surface area contributed by atoms with Crippen molar-refractivity contribution in [1.29, 1.82) is 0 Å². The Morgan fingerprint density at radius 3 is 2.12 bits per heavy atom. The first-order valence-corrected chi connectivity index (χ1v) is 18.2. The fourth-order valence-corrected chi connectivity index (χ4v) is 9.57. The van der Waals surface area contributed by atoms with E-state index in [0.717, 1.165) is 34.2 Å². The predicted octanol–water partition coefficient (Wildman–Crippen LogP) is 6.26. The van der Waals surface area contributed by atoms with Crippen LogP contribution in [0.5, 0.6) is 5.75 Å². The van der Waals surface area contributed by atoms with Crippen LogP contribution in [-0.2, 0) is 24.6 Å². The summed E-state index contributed by atoms with van der Waals surface area (Å²) in [5, 5.41) is 36.4. The minimum Gasteiger partial charge on any atom is -0.508 e. The molecule has 2 N–H and O–H groups in total. The molecule has 15 nitrogen and oxygen atoms in total. The van der Waals surface area contributed by atoms with Gasteiger partial charge in [0.1, 0.15) is 11.6 Å². The Hall–Kier alpha value is -6.68. The minimum absolute atomic E-state index is 0.00605. The van der Waals surface area contributed by atoms with Gasteiger partial charge in [0.15, 0.2) is 5.69 Å². The number of carbonyl (C=O) groups is 4. The number of allylic oxidation sites excluding steroid dienone is 2. The number of rotatable bonds is 8. The molecule has 2 aliphatic heterocycles. The van der Waals surface area contributed by atoms with Gasteiger partial charge in [-0.1, -0.05) is 47.5 Å². The average molecular weight is 795 g/mol. The number of amides is 4. The number of nitrogens with zero attached hydrogens (tertiary/aromatic N) is 5. The maximum Gasteiger partial charge on any atom is 0.301 e. The number of fused-ring (bicyclic) bond motifs is 4. The first kappa shape index (κ1) is 37.3. The summed E-state index contributed by atoms with van der Waals surface area (Å²) in [5.41, 5.74) is 0.789. The van der Waals surface area contributed by atoms with E-state index >= 15 is 4.79 Å². The lowest BCUT2D eigenvalue weighted by molar-refractivity contribution is -0.392. The zero-order valence-corrected chi connectivity index (χ0v) is 30.9. The molecule has 0 radical (unpaired) electrons. The van der Waals surface area contributed by atoms with Crippen molar-refractivity contribution in [3.63, 3.8) is 0 Å². The van der Waals surface area contributed by atoms with Crippen molar-refractivity contribution in [3.05, 3.63) is 139 Å². The lowest BCUT2D eigenvalue weighted by atomic mass is 9.49. The summed E-state index contributed by atoms with van der Waals surface area (Å²) in [5.74, 6) is -8.64. The zero-order valence-electron chi connectivity index (χ0n) is 30.2. The Kier molecular flexibility index (Phi) is 8.83. The van der Waals surface area contributed by atoms with Gasteiger partial charge < -0.3 is 10.0 Å². The van der Waals surface area contributed by atoms with Crippen LogP contribution >= 0.6 is 11.6 Å². The number of aromatic hydroxyl groups is 1. The molecule has 4 aromatic rings. The van der Waals surface area contributed by atoms with Crippen LogP contribution in [0.1, 0.15) is 29.9 Å². The smallest absolute Gasteiger partial charge is 0.301 e. The van der Waals surface area contributed by atoms with E-state index in [9.17, 15) is 44.1 Å². The summed E-state index contributed by atoms with van der Waals surface area (Å²) in [4.78, 5) is 83.7. The maximum atomic E-state index is 15.2. The van der Waals surface area contributed by atoms with Crippen molar-refractivity contribution in [2.75, 3.05) is 29.3 Å². The number of hydrazine groups is 1. The lowest BCUT2D eigenvalue weighted by Crippen LogP contribution is -2.53. The number of hydrogen-bond acceptors (Lipinski definition) is 11. The molecule has 17 heteroatoms. The van der Waals surface area contributed by atoms with Gasteiger partial charge in [-0.3, -0.25) is 44.8 Å². The van der Waals surface area contributed by atoms with E-state index in [2.05, 4.69) is 5.43 Å². The van der Waals surface area contributed by atoms with Crippen LogP contribution in [0.3, 0.4) is 0 Å². The van der Waals surface area contributed by atoms with Gasteiger partial charge in [0, 0.05) is 37.2 Å². The number of carbonyl (C=O) groups excluding carboxylic acids is 4. The van der Waals surface area contributed by atoms with E-state index in [-0.39, 0.29) is 35.7 Å². The average Bonchev–Trinajstić information content (AvgIpc) is 3.55. The van der Waals surface area contributed by atoms with Crippen molar-refractivity contribution >= 4 is 63.7 Å². The Balaban J connectivity index is 1.30. The molecule has 2 heterocycles. The third kappa shape index (κ3) is 5.61. The Labute approximate surface area is 328 Å². The van der Waals surface area contributed by atoms with Gasteiger partial charge in [0.05, 0.1) is 44.4 Å². The molecule has 57 heavy (non-hydrogen) atoms. The number of nitro benzene ring substituents is 2. The van der Waals surface area contributed by atoms with Gasteiger partial charge in [0.25, 0.3) is 11.8 Å². The largest absolute Gasteiger partial charge is 0.508 e. The first-order chi connectivity index (χ1) is 27.1. The highest BCUT2D eigenvalue weighted by Crippen LogP contribution is 2.64. The standard InChI is InChI=1S/C40H32ClFN6O9/c1-44(2)35-31(47(54)55)17-25(18-32(35)48(56)57)45-36(50)28-15-14-27-29(33(28)38(45)52)19-30-37(51)46(43-24-12-10-23(42)11-13-24)39(53)40(30,21-6-8-22(41)9-7-21)34(27)20-4-3-5-26(49)16-20/h3-14,16-18,28-30,33-34,43,49H,15,19H2,1-2H3/t28-,29+,30-,33-,34-,40+/m0/s1. The van der Waals surface area contributed by atoms with E-state index in [1.165, 1.54) is 43.3 Å². The highest BCUT2D eigenvalue weighted by Gasteiger charge is 2.70. The predicted molar refractivity (Wildman–Crippen MR) is 204 cm³/mol. The van der Waals surface area contributed by atoms with Gasteiger partial charge in [-0.25, -0.2) is 9.29 Å². The zero-order chi connectivity index (χ0) is 40.7. The Morgan fingerprint density at radius 2 is 1.53 bits per heavy atom. The third-order valence-corrected chi connectivity index (χ3v) is 11.9. The first-order valence-electron chi connectivity index (χ1n) is 17.8. The molecule has 1 saturated carbocycles. The summed E-state index contributed by atoms with van der Waals surface area (Å²) < 4.78 is 13.9. The molecule has 2 aliphatic carbocycles. The molecular weight excluding hydrogens is 763 g/mol. The van der Waals surface area contributed by atoms with Crippen molar-refractivity contribution in [2.45, 2.75) is 24.2 Å². The number of hydrogen-bond donors (Lipinski definition) is 2. The monoisotopic (exact) mass is 794 g/mol. The summed E-state index contributed by atoms with van der Waals surface area (Å²) >= 11 is 6.32. The molecule has 290 valence electrons. The number of halogens is 2. The topological polar surface area (TPSA) is 197 Å². The summed E-state index contributed by atoms with van der Waals surface area (Å²) in [6, 6.07) is 19.7. The van der Waals surface area contributed by atoms with Gasteiger partial charge in [-0.2, -0.15) is 5.01 Å². The summed E-state index contributed by atoms with van der Waals surface area (Å²) in [6.45, 7) is 0. The van der Waals surface area contributed by atoms with Crippen LogP contribution < -0.4 is 15.2 Å². The number of phenols is 1. The number of phenolic OH excluding ortho intramolecular Hbond substituents is 1. The second kappa shape index (κ2) is 13.5. The summed E-state index contributed by atoms with van der Waals surface area (Å²) in [6.07, 6.45) is 1.66.